The number of nitrogens with zero attached hydrogens (tertiary/aromatic N) is 2. The average molecular weight is 307 g/mol. The first-order chi connectivity index (χ1) is 10.1. The largest absolute Gasteiger partial charge is 0.481 e. The summed E-state index contributed by atoms with van der Waals surface area (Å²) in [4.78, 5) is 40.1. The van der Waals surface area contributed by atoms with E-state index >= 15 is 0 Å². The maximum Gasteiger partial charge on any atom is 0.308 e. The van der Waals surface area contributed by atoms with Gasteiger partial charge in [0.2, 0.25) is 0 Å². The molecule has 1 aliphatic carbocycles. The van der Waals surface area contributed by atoms with Gasteiger partial charge in [-0.1, -0.05) is 6.42 Å². The predicted octanol–water partition coefficient (Wildman–Crippen LogP) is 0.739. The third-order valence-electron chi connectivity index (χ3n) is 3.74. The number of hydrogen-bond donors (Lipinski definition) is 2. The van der Waals surface area contributed by atoms with Crippen LogP contribution in [-0.4, -0.2) is 32.4 Å². The Morgan fingerprint density at radius 1 is 1.43 bits per heavy atom. The van der Waals surface area contributed by atoms with Crippen LogP contribution in [-0.2, 0) is 4.79 Å². The molecule has 2 unspecified atom stereocenters. The molecule has 2 heterocycles. The Bertz CT molecular complexity index is 766. The first-order valence-corrected chi connectivity index (χ1v) is 7.44. The van der Waals surface area contributed by atoms with Crippen molar-refractivity contribution in [2.45, 2.75) is 25.3 Å². The monoisotopic (exact) mass is 307 g/mol. The second-order valence-electron chi connectivity index (χ2n) is 4.99. The van der Waals surface area contributed by atoms with E-state index in [2.05, 4.69) is 10.3 Å². The highest BCUT2D eigenvalue weighted by Crippen LogP contribution is 2.25. The smallest absolute Gasteiger partial charge is 0.308 e. The van der Waals surface area contributed by atoms with Crippen LogP contribution in [0, 0.1) is 5.92 Å². The Morgan fingerprint density at radius 2 is 2.24 bits per heavy atom. The average Bonchev–Trinajstić information content (AvgIpc) is 3.07. The molecule has 2 N–H and O–H groups in total. The first kappa shape index (κ1) is 13.7. The van der Waals surface area contributed by atoms with Crippen LogP contribution in [0.15, 0.2) is 22.6 Å². The SMILES string of the molecule is O=C(NC1CCCC1C(=O)O)c1cnc2sccn2c1=O. The standard InChI is InChI=1S/C13H13N3O4S/c17-10(15-9-3-1-2-7(9)12(19)20)8-6-14-13-16(11(8)18)4-5-21-13/h4-7,9H,1-3H2,(H,15,17)(H,19,20). The fourth-order valence-corrected chi connectivity index (χ4v) is 3.33. The number of carbonyl (C=O) groups excluding carboxylic acids is 1. The van der Waals surface area contributed by atoms with Crippen molar-refractivity contribution in [3.05, 3.63) is 33.7 Å². The molecule has 0 bridgehead atoms. The summed E-state index contributed by atoms with van der Waals surface area (Å²) in [6.45, 7) is 0. The third-order valence-corrected chi connectivity index (χ3v) is 4.51. The maximum absolute atomic E-state index is 12.2. The molecule has 0 aromatic carbocycles. The van der Waals surface area contributed by atoms with E-state index in [9.17, 15) is 14.4 Å². The zero-order chi connectivity index (χ0) is 15.0. The van der Waals surface area contributed by atoms with Gasteiger partial charge in [0.1, 0.15) is 5.56 Å². The van der Waals surface area contributed by atoms with Crippen LogP contribution in [0.4, 0.5) is 0 Å². The normalized spacial score (nSPS) is 21.5. The van der Waals surface area contributed by atoms with Gasteiger partial charge in [-0.3, -0.25) is 18.8 Å². The van der Waals surface area contributed by atoms with E-state index in [1.54, 1.807) is 11.6 Å². The van der Waals surface area contributed by atoms with E-state index in [0.29, 0.717) is 17.8 Å². The molecule has 0 radical (unpaired) electrons. The third kappa shape index (κ3) is 2.42. The summed E-state index contributed by atoms with van der Waals surface area (Å²) in [5.74, 6) is -2.07. The molecule has 2 atom stereocenters. The molecule has 3 rings (SSSR count). The van der Waals surface area contributed by atoms with Crippen molar-refractivity contribution in [2.24, 2.45) is 5.92 Å². The quantitative estimate of drug-likeness (QED) is 0.871. The Morgan fingerprint density at radius 3 is 3.00 bits per heavy atom. The summed E-state index contributed by atoms with van der Waals surface area (Å²) in [5.41, 5.74) is -0.509. The van der Waals surface area contributed by atoms with Crippen molar-refractivity contribution < 1.29 is 14.7 Å². The van der Waals surface area contributed by atoms with E-state index in [1.807, 2.05) is 0 Å². The second kappa shape index (κ2) is 5.28. The van der Waals surface area contributed by atoms with Crippen LogP contribution in [0.25, 0.3) is 4.96 Å². The summed E-state index contributed by atoms with van der Waals surface area (Å²) in [6.07, 6.45) is 4.71. The minimum atomic E-state index is -0.916. The van der Waals surface area contributed by atoms with Crippen molar-refractivity contribution in [2.75, 3.05) is 0 Å². The summed E-state index contributed by atoms with van der Waals surface area (Å²) in [5, 5.41) is 13.5. The van der Waals surface area contributed by atoms with Crippen LogP contribution in [0.3, 0.4) is 0 Å². The van der Waals surface area contributed by atoms with Crippen LogP contribution >= 0.6 is 11.3 Å². The lowest BCUT2D eigenvalue weighted by Crippen LogP contribution is -2.42. The molecule has 1 aliphatic rings. The van der Waals surface area contributed by atoms with E-state index in [4.69, 9.17) is 5.11 Å². The molecule has 21 heavy (non-hydrogen) atoms. The Labute approximate surface area is 123 Å². The lowest BCUT2D eigenvalue weighted by Gasteiger charge is -2.17. The van der Waals surface area contributed by atoms with Crippen molar-refractivity contribution >= 4 is 28.2 Å². The maximum atomic E-state index is 12.2. The van der Waals surface area contributed by atoms with Gasteiger partial charge in [0.05, 0.1) is 5.92 Å². The number of carboxylic acids is 1. The Hall–Kier alpha value is -2.22. The van der Waals surface area contributed by atoms with E-state index in [-0.39, 0.29) is 5.56 Å². The van der Waals surface area contributed by atoms with Crippen LogP contribution < -0.4 is 10.9 Å². The van der Waals surface area contributed by atoms with Gasteiger partial charge in [-0.25, -0.2) is 4.98 Å². The molecule has 7 nitrogen and oxygen atoms in total. The highest BCUT2D eigenvalue weighted by molar-refractivity contribution is 7.15. The van der Waals surface area contributed by atoms with Gasteiger partial charge < -0.3 is 10.4 Å². The predicted molar refractivity (Wildman–Crippen MR) is 75.6 cm³/mol. The molecule has 1 saturated carbocycles. The van der Waals surface area contributed by atoms with E-state index < -0.39 is 29.4 Å². The van der Waals surface area contributed by atoms with Crippen molar-refractivity contribution in [3.63, 3.8) is 0 Å². The number of amides is 1. The number of hydrogen-bond acceptors (Lipinski definition) is 5. The summed E-state index contributed by atoms with van der Waals surface area (Å²) in [6, 6.07) is -0.433. The second-order valence-corrected chi connectivity index (χ2v) is 5.86. The fourth-order valence-electron chi connectivity index (χ4n) is 2.65. The van der Waals surface area contributed by atoms with Crippen molar-refractivity contribution in [3.8, 4) is 0 Å². The van der Waals surface area contributed by atoms with Gasteiger partial charge in [-0.15, -0.1) is 11.3 Å². The highest BCUT2D eigenvalue weighted by Gasteiger charge is 2.34. The number of fused-ring (bicyclic) bond motifs is 1. The van der Waals surface area contributed by atoms with E-state index in [1.165, 1.54) is 21.9 Å². The van der Waals surface area contributed by atoms with Crippen molar-refractivity contribution in [1.82, 2.24) is 14.7 Å². The summed E-state index contributed by atoms with van der Waals surface area (Å²) >= 11 is 1.30. The number of rotatable bonds is 3. The number of nitrogens with one attached hydrogen (secondary N) is 1. The van der Waals surface area contributed by atoms with Crippen molar-refractivity contribution in [1.29, 1.82) is 0 Å². The molecule has 0 spiro atoms. The number of carbonyl (C=O) groups is 2. The molecule has 1 amide bonds. The van der Waals surface area contributed by atoms with Gasteiger partial charge in [-0.2, -0.15) is 0 Å². The zero-order valence-corrected chi connectivity index (χ0v) is 11.8. The van der Waals surface area contributed by atoms with Crippen LogP contribution in [0.1, 0.15) is 29.6 Å². The molecule has 110 valence electrons. The number of aliphatic carboxylic acids is 1. The molecule has 1 fully saturated rings. The van der Waals surface area contributed by atoms with Gasteiger partial charge in [-0.05, 0) is 12.8 Å². The number of thiazole rings is 1. The zero-order valence-electron chi connectivity index (χ0n) is 11.0. The minimum absolute atomic E-state index is 0.0676. The minimum Gasteiger partial charge on any atom is -0.481 e. The number of aromatic nitrogens is 2. The topological polar surface area (TPSA) is 101 Å². The molecule has 2 aromatic rings. The molecule has 8 heteroatoms. The molecule has 0 saturated heterocycles. The Kier molecular flexibility index (Phi) is 3.46. The lowest BCUT2D eigenvalue weighted by molar-refractivity contribution is -0.142. The summed E-state index contributed by atoms with van der Waals surface area (Å²) < 4.78 is 1.31. The molecular weight excluding hydrogens is 294 g/mol. The molecule has 0 aliphatic heterocycles. The Balaban J connectivity index is 1.85. The van der Waals surface area contributed by atoms with Gasteiger partial charge in [0.25, 0.3) is 11.5 Å². The first-order valence-electron chi connectivity index (χ1n) is 6.56. The van der Waals surface area contributed by atoms with E-state index in [0.717, 1.165) is 6.42 Å². The van der Waals surface area contributed by atoms with Crippen LogP contribution in [0.2, 0.25) is 0 Å². The van der Waals surface area contributed by atoms with Gasteiger partial charge in [0.15, 0.2) is 4.96 Å². The van der Waals surface area contributed by atoms with Gasteiger partial charge >= 0.3 is 5.97 Å². The van der Waals surface area contributed by atoms with Crippen LogP contribution in [0.5, 0.6) is 0 Å². The molecule has 2 aromatic heterocycles. The van der Waals surface area contributed by atoms with Gasteiger partial charge in [0, 0.05) is 23.8 Å². The fraction of sp³-hybridized carbons (Fsp3) is 0.385. The lowest BCUT2D eigenvalue weighted by atomic mass is 10.0. The highest BCUT2D eigenvalue weighted by atomic mass is 32.1. The molecular formula is C13H13N3O4S. The summed E-state index contributed by atoms with van der Waals surface area (Å²) in [7, 11) is 0. The number of carboxylic acid groups (broad SMARTS) is 1.